The molecule has 2 nitrogen and oxygen atoms in total. The number of aliphatic hydroxyl groups is 1. The molecule has 0 aromatic heterocycles. The van der Waals surface area contributed by atoms with E-state index in [1.807, 2.05) is 37.0 Å². The zero-order valence-corrected chi connectivity index (χ0v) is 13.4. The molecule has 0 fully saturated rings. The van der Waals surface area contributed by atoms with Crippen LogP contribution in [0.15, 0.2) is 24.3 Å². The fraction of sp³-hybridized carbons (Fsp3) is 0.600. The van der Waals surface area contributed by atoms with Gasteiger partial charge in [0, 0.05) is 16.3 Å². The maximum absolute atomic E-state index is 9.28. The lowest BCUT2D eigenvalue weighted by molar-refractivity contribution is 0.171. The van der Waals surface area contributed by atoms with E-state index in [-0.39, 0.29) is 12.1 Å². The molecule has 2 N–H and O–H groups in total. The number of unbranched alkanes of at least 4 members (excludes halogenated alkanes) is 1. The number of rotatable bonds is 9. The lowest BCUT2D eigenvalue weighted by atomic mass is 9.96. The zero-order chi connectivity index (χ0) is 14.1. The monoisotopic (exact) mass is 301 g/mol. The predicted molar refractivity (Wildman–Crippen MR) is 86.0 cm³/mol. The molecule has 1 aromatic carbocycles. The van der Waals surface area contributed by atoms with Crippen LogP contribution in [0.1, 0.15) is 31.7 Å². The average molecular weight is 302 g/mol. The lowest BCUT2D eigenvalue weighted by Gasteiger charge is -2.26. The maximum atomic E-state index is 9.28. The maximum Gasteiger partial charge on any atom is 0.0610 e. The Kier molecular flexibility index (Phi) is 7.84. The van der Waals surface area contributed by atoms with E-state index in [2.05, 4.69) is 18.3 Å². The van der Waals surface area contributed by atoms with E-state index in [4.69, 9.17) is 11.6 Å². The van der Waals surface area contributed by atoms with Crippen molar-refractivity contribution in [1.29, 1.82) is 0 Å². The second-order valence-electron chi connectivity index (χ2n) is 5.07. The molecular weight excluding hydrogens is 278 g/mol. The molecule has 108 valence electrons. The fourth-order valence-electron chi connectivity index (χ4n) is 1.80. The van der Waals surface area contributed by atoms with Crippen LogP contribution < -0.4 is 5.32 Å². The van der Waals surface area contributed by atoms with Gasteiger partial charge in [-0.3, -0.25) is 0 Å². The number of likely N-dealkylation sites (N-methyl/N-ethyl adjacent to an activating group) is 1. The van der Waals surface area contributed by atoms with Gasteiger partial charge in [-0.1, -0.05) is 36.2 Å². The Morgan fingerprint density at radius 2 is 2.05 bits per heavy atom. The van der Waals surface area contributed by atoms with Crippen molar-refractivity contribution in [3.63, 3.8) is 0 Å². The number of nitrogens with one attached hydrogen (secondary N) is 1. The van der Waals surface area contributed by atoms with Gasteiger partial charge in [-0.25, -0.2) is 0 Å². The van der Waals surface area contributed by atoms with Crippen LogP contribution in [0.2, 0.25) is 5.02 Å². The molecule has 1 rings (SSSR count). The van der Waals surface area contributed by atoms with Gasteiger partial charge in [-0.2, -0.15) is 11.8 Å². The van der Waals surface area contributed by atoms with Gasteiger partial charge in [-0.05, 0) is 44.2 Å². The van der Waals surface area contributed by atoms with Gasteiger partial charge in [0.2, 0.25) is 0 Å². The first-order valence-corrected chi connectivity index (χ1v) is 8.25. The first-order valence-electron chi connectivity index (χ1n) is 6.72. The summed E-state index contributed by atoms with van der Waals surface area (Å²) >= 11 is 8.03. The summed E-state index contributed by atoms with van der Waals surface area (Å²) < 4.78 is 0. The summed E-state index contributed by atoms with van der Waals surface area (Å²) in [4.78, 5) is 0. The van der Waals surface area contributed by atoms with Crippen molar-refractivity contribution >= 4 is 23.4 Å². The summed E-state index contributed by atoms with van der Waals surface area (Å²) in [5.41, 5.74) is 1.08. The fourth-order valence-corrected chi connectivity index (χ4v) is 3.11. The van der Waals surface area contributed by atoms with E-state index in [1.54, 1.807) is 0 Å². The van der Waals surface area contributed by atoms with Crippen LogP contribution in [-0.2, 0) is 5.75 Å². The second kappa shape index (κ2) is 8.85. The smallest absolute Gasteiger partial charge is 0.0610 e. The standard InChI is InChI=1S/C15H24ClNOS/c1-15(12-18,17-2)9-5-6-10-19-11-13-7-3-4-8-14(13)16/h3-4,7-8,17-18H,5-6,9-12H2,1-2H3. The van der Waals surface area contributed by atoms with Crippen LogP contribution in [0.25, 0.3) is 0 Å². The quantitative estimate of drug-likeness (QED) is 0.682. The van der Waals surface area contributed by atoms with Crippen molar-refractivity contribution in [2.75, 3.05) is 19.4 Å². The number of halogens is 1. The highest BCUT2D eigenvalue weighted by atomic mass is 35.5. The first-order chi connectivity index (χ1) is 9.11. The van der Waals surface area contributed by atoms with Crippen molar-refractivity contribution < 1.29 is 5.11 Å². The molecule has 0 aliphatic heterocycles. The van der Waals surface area contributed by atoms with Crippen molar-refractivity contribution in [1.82, 2.24) is 5.32 Å². The normalized spacial score (nSPS) is 14.3. The van der Waals surface area contributed by atoms with Crippen molar-refractivity contribution in [2.45, 2.75) is 37.5 Å². The molecule has 0 radical (unpaired) electrons. The Morgan fingerprint density at radius 3 is 2.68 bits per heavy atom. The van der Waals surface area contributed by atoms with Gasteiger partial charge in [0.25, 0.3) is 0 Å². The Balaban J connectivity index is 2.14. The summed E-state index contributed by atoms with van der Waals surface area (Å²) in [5, 5.41) is 13.3. The molecule has 0 aliphatic carbocycles. The third-order valence-electron chi connectivity index (χ3n) is 3.44. The number of benzene rings is 1. The minimum absolute atomic E-state index is 0.132. The molecule has 1 aromatic rings. The number of thioether (sulfide) groups is 1. The largest absolute Gasteiger partial charge is 0.394 e. The summed E-state index contributed by atoms with van der Waals surface area (Å²) in [5.74, 6) is 2.11. The molecular formula is C15H24ClNOS. The first kappa shape index (κ1) is 16.8. The van der Waals surface area contributed by atoms with Gasteiger partial charge >= 0.3 is 0 Å². The number of hydrogen-bond acceptors (Lipinski definition) is 3. The third-order valence-corrected chi connectivity index (χ3v) is 4.90. The minimum Gasteiger partial charge on any atom is -0.394 e. The number of aliphatic hydroxyl groups excluding tert-OH is 1. The molecule has 1 atom stereocenters. The molecule has 1 unspecified atom stereocenters. The summed E-state index contributed by atoms with van der Waals surface area (Å²) in [7, 11) is 1.91. The topological polar surface area (TPSA) is 32.3 Å². The molecule has 0 heterocycles. The lowest BCUT2D eigenvalue weighted by Crippen LogP contribution is -2.43. The molecule has 0 spiro atoms. The van der Waals surface area contributed by atoms with Crippen molar-refractivity contribution in [3.05, 3.63) is 34.9 Å². The Labute approximate surface area is 125 Å². The minimum atomic E-state index is -0.132. The summed E-state index contributed by atoms with van der Waals surface area (Å²) in [6.45, 7) is 2.25. The van der Waals surface area contributed by atoms with Crippen LogP contribution in [0.5, 0.6) is 0 Å². The molecule has 0 bridgehead atoms. The highest BCUT2D eigenvalue weighted by molar-refractivity contribution is 7.98. The zero-order valence-electron chi connectivity index (χ0n) is 11.8. The van der Waals surface area contributed by atoms with Gasteiger partial charge in [0.05, 0.1) is 6.61 Å². The van der Waals surface area contributed by atoms with Crippen LogP contribution in [0, 0.1) is 0 Å². The van der Waals surface area contributed by atoms with Crippen molar-refractivity contribution in [2.24, 2.45) is 0 Å². The van der Waals surface area contributed by atoms with Crippen LogP contribution in [0.3, 0.4) is 0 Å². The van der Waals surface area contributed by atoms with Crippen LogP contribution >= 0.6 is 23.4 Å². The number of hydrogen-bond donors (Lipinski definition) is 2. The Hall–Kier alpha value is -0.220. The molecule has 0 saturated carbocycles. The third kappa shape index (κ3) is 6.17. The molecule has 19 heavy (non-hydrogen) atoms. The molecule has 4 heteroatoms. The van der Waals surface area contributed by atoms with Gasteiger partial charge in [0.1, 0.15) is 0 Å². The predicted octanol–water partition coefficient (Wildman–Crippen LogP) is 3.71. The Bertz CT molecular complexity index is 369. The van der Waals surface area contributed by atoms with Crippen molar-refractivity contribution in [3.8, 4) is 0 Å². The van der Waals surface area contributed by atoms with Gasteiger partial charge < -0.3 is 10.4 Å². The van der Waals surface area contributed by atoms with E-state index in [9.17, 15) is 5.11 Å². The van der Waals surface area contributed by atoms with E-state index < -0.39 is 0 Å². The SMILES string of the molecule is CNC(C)(CO)CCCCSCc1ccccc1Cl. The molecule has 0 amide bonds. The van der Waals surface area contributed by atoms with Gasteiger partial charge in [0.15, 0.2) is 0 Å². The highest BCUT2D eigenvalue weighted by Gasteiger charge is 2.19. The molecule has 0 saturated heterocycles. The van der Waals surface area contributed by atoms with Crippen LogP contribution in [0.4, 0.5) is 0 Å². The van der Waals surface area contributed by atoms with Crippen LogP contribution in [-0.4, -0.2) is 30.1 Å². The van der Waals surface area contributed by atoms with E-state index >= 15 is 0 Å². The van der Waals surface area contributed by atoms with Gasteiger partial charge in [-0.15, -0.1) is 0 Å². The van der Waals surface area contributed by atoms with E-state index in [1.165, 1.54) is 12.0 Å². The van der Waals surface area contributed by atoms with E-state index in [0.717, 1.165) is 29.4 Å². The second-order valence-corrected chi connectivity index (χ2v) is 6.58. The summed E-state index contributed by atoms with van der Waals surface area (Å²) in [6.07, 6.45) is 3.31. The molecule has 0 aliphatic rings. The average Bonchev–Trinajstić information content (AvgIpc) is 2.44. The van der Waals surface area contributed by atoms with E-state index in [0.29, 0.717) is 0 Å². The summed E-state index contributed by atoms with van der Waals surface area (Å²) in [6, 6.07) is 8.02. The Morgan fingerprint density at radius 1 is 1.32 bits per heavy atom. The highest BCUT2D eigenvalue weighted by Crippen LogP contribution is 2.22.